The lowest BCUT2D eigenvalue weighted by Gasteiger charge is -2.18. The number of anilines is 2. The minimum absolute atomic E-state index is 0.151. The van der Waals surface area contributed by atoms with Gasteiger partial charge in [-0.1, -0.05) is 13.0 Å². The van der Waals surface area contributed by atoms with Crippen molar-refractivity contribution in [3.05, 3.63) is 53.8 Å². The summed E-state index contributed by atoms with van der Waals surface area (Å²) in [6.45, 7) is 3.78. The van der Waals surface area contributed by atoms with E-state index in [0.717, 1.165) is 49.8 Å². The molecule has 0 aromatic heterocycles. The van der Waals surface area contributed by atoms with Crippen LogP contribution in [0.3, 0.4) is 0 Å². The monoisotopic (exact) mass is 391 g/mol. The molecule has 8 heteroatoms. The first-order chi connectivity index (χ1) is 12.9. The lowest BCUT2D eigenvalue weighted by molar-refractivity contribution is 0.102. The van der Waals surface area contributed by atoms with Gasteiger partial charge in [0.05, 0.1) is 10.5 Å². The van der Waals surface area contributed by atoms with Gasteiger partial charge in [0.25, 0.3) is 5.91 Å². The van der Waals surface area contributed by atoms with Gasteiger partial charge in [-0.3, -0.25) is 4.79 Å². The van der Waals surface area contributed by atoms with Gasteiger partial charge in [-0.25, -0.2) is 17.5 Å². The highest BCUT2D eigenvalue weighted by Crippen LogP contribution is 2.24. The molecule has 0 radical (unpaired) electrons. The number of carbonyl (C=O) groups is 1. The summed E-state index contributed by atoms with van der Waals surface area (Å²) in [4.78, 5) is 14.6. The SMILES string of the molecule is CCNS(=O)(=O)c1ccc(F)c(C(=O)Nc2cccc(N3CCCC3)c2)c1. The number of sulfonamides is 1. The van der Waals surface area contributed by atoms with Crippen molar-refractivity contribution in [2.45, 2.75) is 24.7 Å². The van der Waals surface area contributed by atoms with Gasteiger partial charge >= 0.3 is 0 Å². The number of hydrogen-bond acceptors (Lipinski definition) is 4. The number of carbonyl (C=O) groups excluding carboxylic acids is 1. The average molecular weight is 391 g/mol. The third-order valence-corrected chi connectivity index (χ3v) is 5.95. The van der Waals surface area contributed by atoms with Crippen LogP contribution in [0.15, 0.2) is 47.4 Å². The van der Waals surface area contributed by atoms with Crippen LogP contribution in [-0.2, 0) is 10.0 Å². The van der Waals surface area contributed by atoms with E-state index in [4.69, 9.17) is 0 Å². The molecule has 2 aromatic carbocycles. The molecular formula is C19H22FN3O3S. The molecule has 27 heavy (non-hydrogen) atoms. The molecule has 3 rings (SSSR count). The van der Waals surface area contributed by atoms with Crippen LogP contribution in [-0.4, -0.2) is 34.0 Å². The summed E-state index contributed by atoms with van der Waals surface area (Å²) in [5.41, 5.74) is 1.21. The molecule has 1 aliphatic heterocycles. The Morgan fingerprint density at radius 3 is 2.59 bits per heavy atom. The molecular weight excluding hydrogens is 369 g/mol. The van der Waals surface area contributed by atoms with Crippen molar-refractivity contribution >= 4 is 27.3 Å². The van der Waals surface area contributed by atoms with Gasteiger partial charge < -0.3 is 10.2 Å². The Morgan fingerprint density at radius 1 is 1.15 bits per heavy atom. The van der Waals surface area contributed by atoms with Gasteiger partial charge in [-0.05, 0) is 49.2 Å². The minimum atomic E-state index is -3.78. The fraction of sp³-hybridized carbons (Fsp3) is 0.316. The van der Waals surface area contributed by atoms with Gasteiger partial charge in [-0.15, -0.1) is 0 Å². The van der Waals surface area contributed by atoms with E-state index in [1.165, 1.54) is 0 Å². The topological polar surface area (TPSA) is 78.5 Å². The van der Waals surface area contributed by atoms with Crippen LogP contribution in [0.2, 0.25) is 0 Å². The second-order valence-corrected chi connectivity index (χ2v) is 8.11. The molecule has 0 aliphatic carbocycles. The van der Waals surface area contributed by atoms with Crippen molar-refractivity contribution in [3.8, 4) is 0 Å². The minimum Gasteiger partial charge on any atom is -0.371 e. The summed E-state index contributed by atoms with van der Waals surface area (Å²) in [5.74, 6) is -1.47. The van der Waals surface area contributed by atoms with E-state index >= 15 is 0 Å². The van der Waals surface area contributed by atoms with Gasteiger partial charge in [0.2, 0.25) is 10.0 Å². The Hall–Kier alpha value is -2.45. The number of nitrogens with one attached hydrogen (secondary N) is 2. The van der Waals surface area contributed by atoms with Crippen LogP contribution >= 0.6 is 0 Å². The third kappa shape index (κ3) is 4.45. The zero-order valence-corrected chi connectivity index (χ0v) is 15.9. The highest BCUT2D eigenvalue weighted by Gasteiger charge is 2.19. The third-order valence-electron chi connectivity index (χ3n) is 4.40. The molecule has 1 fully saturated rings. The number of benzene rings is 2. The maximum absolute atomic E-state index is 14.1. The molecule has 0 spiro atoms. The molecule has 0 unspecified atom stereocenters. The number of amides is 1. The Bertz CT molecular complexity index is 941. The Labute approximate surface area is 158 Å². The Morgan fingerprint density at radius 2 is 1.89 bits per heavy atom. The van der Waals surface area contributed by atoms with Crippen LogP contribution in [0.25, 0.3) is 0 Å². The van der Waals surface area contributed by atoms with Crippen LogP contribution in [0.1, 0.15) is 30.1 Å². The van der Waals surface area contributed by atoms with Crippen molar-refractivity contribution in [3.63, 3.8) is 0 Å². The average Bonchev–Trinajstić information content (AvgIpc) is 3.16. The van der Waals surface area contributed by atoms with Crippen molar-refractivity contribution in [1.82, 2.24) is 4.72 Å². The summed E-state index contributed by atoms with van der Waals surface area (Å²) in [5, 5.41) is 2.65. The fourth-order valence-corrected chi connectivity index (χ4v) is 4.14. The zero-order valence-electron chi connectivity index (χ0n) is 15.0. The van der Waals surface area contributed by atoms with E-state index < -0.39 is 21.7 Å². The van der Waals surface area contributed by atoms with E-state index in [0.29, 0.717) is 5.69 Å². The summed E-state index contributed by atoms with van der Waals surface area (Å²) in [7, 11) is -3.78. The normalized spacial score (nSPS) is 14.4. The predicted molar refractivity (Wildman–Crippen MR) is 103 cm³/mol. The van der Waals surface area contributed by atoms with E-state index in [2.05, 4.69) is 14.9 Å². The molecule has 1 saturated heterocycles. The second-order valence-electron chi connectivity index (χ2n) is 6.34. The number of hydrogen-bond donors (Lipinski definition) is 2. The molecule has 2 N–H and O–H groups in total. The van der Waals surface area contributed by atoms with E-state index in [1.807, 2.05) is 18.2 Å². The fourth-order valence-electron chi connectivity index (χ4n) is 3.07. The lowest BCUT2D eigenvalue weighted by atomic mass is 10.2. The second kappa shape index (κ2) is 8.06. The number of halogens is 1. The summed E-state index contributed by atoms with van der Waals surface area (Å²) < 4.78 is 40.7. The molecule has 144 valence electrons. The summed E-state index contributed by atoms with van der Waals surface area (Å²) in [6.07, 6.45) is 2.27. The molecule has 2 aromatic rings. The number of nitrogens with zero attached hydrogens (tertiary/aromatic N) is 1. The van der Waals surface area contributed by atoms with Gasteiger partial charge in [-0.2, -0.15) is 0 Å². The zero-order chi connectivity index (χ0) is 19.4. The van der Waals surface area contributed by atoms with Crippen molar-refractivity contribution < 1.29 is 17.6 Å². The maximum Gasteiger partial charge on any atom is 0.258 e. The van der Waals surface area contributed by atoms with E-state index in [-0.39, 0.29) is 17.0 Å². The van der Waals surface area contributed by atoms with Gasteiger partial charge in [0.1, 0.15) is 5.82 Å². The van der Waals surface area contributed by atoms with E-state index in [9.17, 15) is 17.6 Å². The summed E-state index contributed by atoms with van der Waals surface area (Å²) in [6, 6.07) is 10.5. The molecule has 1 amide bonds. The Kier molecular flexibility index (Phi) is 5.76. The van der Waals surface area contributed by atoms with Crippen LogP contribution < -0.4 is 14.9 Å². The summed E-state index contributed by atoms with van der Waals surface area (Å²) >= 11 is 0. The largest absolute Gasteiger partial charge is 0.371 e. The smallest absolute Gasteiger partial charge is 0.258 e. The first kappa shape index (κ1) is 19.3. The van der Waals surface area contributed by atoms with Crippen molar-refractivity contribution in [1.29, 1.82) is 0 Å². The van der Waals surface area contributed by atoms with Crippen LogP contribution in [0.4, 0.5) is 15.8 Å². The number of rotatable bonds is 6. The van der Waals surface area contributed by atoms with Gasteiger partial charge in [0, 0.05) is 31.0 Å². The molecule has 6 nitrogen and oxygen atoms in total. The lowest BCUT2D eigenvalue weighted by Crippen LogP contribution is -2.24. The molecule has 0 saturated carbocycles. The molecule has 0 atom stereocenters. The van der Waals surface area contributed by atoms with E-state index in [1.54, 1.807) is 13.0 Å². The first-order valence-corrected chi connectivity index (χ1v) is 10.3. The predicted octanol–water partition coefficient (Wildman–Crippen LogP) is 2.98. The Balaban J connectivity index is 1.83. The van der Waals surface area contributed by atoms with Crippen LogP contribution in [0.5, 0.6) is 0 Å². The standard InChI is InChI=1S/C19H22FN3O3S/c1-2-21-27(25,26)16-8-9-18(20)17(13-16)19(24)22-14-6-5-7-15(12-14)23-10-3-4-11-23/h5-9,12-13,21H,2-4,10-11H2,1H3,(H,22,24). The molecule has 0 bridgehead atoms. The highest BCUT2D eigenvalue weighted by molar-refractivity contribution is 7.89. The highest BCUT2D eigenvalue weighted by atomic mass is 32.2. The quantitative estimate of drug-likeness (QED) is 0.794. The molecule has 1 heterocycles. The maximum atomic E-state index is 14.1. The van der Waals surface area contributed by atoms with Crippen LogP contribution in [0, 0.1) is 5.82 Å². The van der Waals surface area contributed by atoms with Gasteiger partial charge in [0.15, 0.2) is 0 Å². The van der Waals surface area contributed by atoms with Crippen molar-refractivity contribution in [2.75, 3.05) is 29.9 Å². The molecule has 1 aliphatic rings. The van der Waals surface area contributed by atoms with Crippen molar-refractivity contribution in [2.24, 2.45) is 0 Å². The first-order valence-electron chi connectivity index (χ1n) is 8.86.